The third-order valence-electron chi connectivity index (χ3n) is 5.38. The van der Waals surface area contributed by atoms with Gasteiger partial charge in [0.2, 0.25) is 5.91 Å². The second kappa shape index (κ2) is 8.59. The average Bonchev–Trinajstić information content (AvgIpc) is 3.27. The minimum absolute atomic E-state index is 0.116. The summed E-state index contributed by atoms with van der Waals surface area (Å²) in [6.07, 6.45) is 5.04. The summed E-state index contributed by atoms with van der Waals surface area (Å²) in [5.74, 6) is 0.210. The van der Waals surface area contributed by atoms with E-state index in [0.717, 1.165) is 12.8 Å². The molecule has 1 aliphatic heterocycles. The Bertz CT molecular complexity index is 691. The van der Waals surface area contributed by atoms with Gasteiger partial charge in [0.25, 0.3) is 0 Å². The number of amides is 3. The molecule has 3 amide bonds. The Morgan fingerprint density at radius 3 is 2.78 bits per heavy atom. The number of carbonyl (C=O) groups is 2. The lowest BCUT2D eigenvalue weighted by atomic mass is 10.1. The van der Waals surface area contributed by atoms with Crippen molar-refractivity contribution in [1.82, 2.24) is 9.80 Å². The molecule has 1 aromatic carbocycles. The molecular formula is C20H28FN3O3. The second-order valence-corrected chi connectivity index (χ2v) is 7.44. The zero-order valence-corrected chi connectivity index (χ0v) is 16.0. The number of ether oxygens (including phenoxy) is 1. The summed E-state index contributed by atoms with van der Waals surface area (Å²) in [7, 11) is 1.67. The molecule has 0 spiro atoms. The average molecular weight is 377 g/mol. The van der Waals surface area contributed by atoms with E-state index in [4.69, 9.17) is 4.74 Å². The first kappa shape index (κ1) is 19.5. The summed E-state index contributed by atoms with van der Waals surface area (Å²) in [5.41, 5.74) is 0.116. The summed E-state index contributed by atoms with van der Waals surface area (Å²) in [4.78, 5) is 28.2. The lowest BCUT2D eigenvalue weighted by Crippen LogP contribution is -2.38. The molecule has 6 nitrogen and oxygen atoms in total. The zero-order chi connectivity index (χ0) is 19.4. The van der Waals surface area contributed by atoms with Gasteiger partial charge in [-0.2, -0.15) is 0 Å². The second-order valence-electron chi connectivity index (χ2n) is 7.44. The van der Waals surface area contributed by atoms with Crippen molar-refractivity contribution in [3.8, 4) is 5.75 Å². The molecule has 1 N–H and O–H groups in total. The third-order valence-corrected chi connectivity index (χ3v) is 5.38. The minimum Gasteiger partial charge on any atom is -0.494 e. The van der Waals surface area contributed by atoms with Crippen molar-refractivity contribution >= 4 is 17.6 Å². The Morgan fingerprint density at radius 2 is 2.11 bits per heavy atom. The number of hydrogen-bond donors (Lipinski definition) is 1. The largest absolute Gasteiger partial charge is 0.494 e. The summed E-state index contributed by atoms with van der Waals surface area (Å²) in [6.45, 7) is 3.45. The van der Waals surface area contributed by atoms with Crippen LogP contribution in [0.5, 0.6) is 5.75 Å². The molecule has 148 valence electrons. The van der Waals surface area contributed by atoms with E-state index in [2.05, 4.69) is 5.32 Å². The number of rotatable bonds is 6. The van der Waals surface area contributed by atoms with Gasteiger partial charge in [0.05, 0.1) is 12.3 Å². The van der Waals surface area contributed by atoms with E-state index in [9.17, 15) is 14.0 Å². The monoisotopic (exact) mass is 377 g/mol. The number of nitrogens with one attached hydrogen (secondary N) is 1. The van der Waals surface area contributed by atoms with Crippen molar-refractivity contribution in [2.24, 2.45) is 5.92 Å². The first-order valence-corrected chi connectivity index (χ1v) is 9.72. The molecule has 3 rings (SSSR count). The van der Waals surface area contributed by atoms with Gasteiger partial charge in [0.1, 0.15) is 11.6 Å². The molecule has 2 fully saturated rings. The van der Waals surface area contributed by atoms with E-state index >= 15 is 0 Å². The Kier molecular flexibility index (Phi) is 6.19. The van der Waals surface area contributed by atoms with Gasteiger partial charge in [-0.05, 0) is 31.9 Å². The van der Waals surface area contributed by atoms with Gasteiger partial charge in [0, 0.05) is 44.6 Å². The maximum absolute atomic E-state index is 14.1. The summed E-state index contributed by atoms with van der Waals surface area (Å²) in [6, 6.07) is 4.36. The first-order valence-electron chi connectivity index (χ1n) is 9.72. The van der Waals surface area contributed by atoms with Gasteiger partial charge < -0.3 is 19.9 Å². The van der Waals surface area contributed by atoms with E-state index in [-0.39, 0.29) is 23.5 Å². The van der Waals surface area contributed by atoms with Crippen LogP contribution in [0.2, 0.25) is 0 Å². The lowest BCUT2D eigenvalue weighted by Gasteiger charge is -2.25. The fourth-order valence-corrected chi connectivity index (χ4v) is 4.03. The normalized spacial score (nSPS) is 20.2. The van der Waals surface area contributed by atoms with Gasteiger partial charge in [-0.1, -0.05) is 12.8 Å². The molecule has 1 saturated heterocycles. The molecule has 1 unspecified atom stereocenters. The highest BCUT2D eigenvalue weighted by atomic mass is 19.1. The maximum Gasteiger partial charge on any atom is 0.321 e. The van der Waals surface area contributed by atoms with Gasteiger partial charge >= 0.3 is 6.03 Å². The molecule has 0 bridgehead atoms. The van der Waals surface area contributed by atoms with Gasteiger partial charge in [-0.25, -0.2) is 9.18 Å². The molecule has 1 aliphatic carbocycles. The number of hydrogen-bond acceptors (Lipinski definition) is 3. The molecule has 1 heterocycles. The lowest BCUT2D eigenvalue weighted by molar-refractivity contribution is -0.129. The fraction of sp³-hybridized carbons (Fsp3) is 0.600. The van der Waals surface area contributed by atoms with E-state index < -0.39 is 5.82 Å². The predicted molar refractivity (Wildman–Crippen MR) is 101 cm³/mol. The topological polar surface area (TPSA) is 61.9 Å². The molecule has 1 atom stereocenters. The van der Waals surface area contributed by atoms with Crippen LogP contribution in [0.1, 0.15) is 39.0 Å². The Labute approximate surface area is 159 Å². The number of carbonyl (C=O) groups excluding carboxylic acids is 2. The third kappa shape index (κ3) is 4.70. The van der Waals surface area contributed by atoms with Crippen molar-refractivity contribution in [1.29, 1.82) is 0 Å². The van der Waals surface area contributed by atoms with Gasteiger partial charge in [-0.15, -0.1) is 0 Å². The molecule has 1 aromatic rings. The van der Waals surface area contributed by atoms with Crippen molar-refractivity contribution in [2.75, 3.05) is 32.1 Å². The molecule has 1 saturated carbocycles. The van der Waals surface area contributed by atoms with Crippen LogP contribution >= 0.6 is 0 Å². The highest BCUT2D eigenvalue weighted by Crippen LogP contribution is 2.29. The van der Waals surface area contributed by atoms with Crippen LogP contribution in [0.4, 0.5) is 14.9 Å². The van der Waals surface area contributed by atoms with Crippen LogP contribution < -0.4 is 10.1 Å². The van der Waals surface area contributed by atoms with Crippen LogP contribution in [0, 0.1) is 11.7 Å². The van der Waals surface area contributed by atoms with Crippen molar-refractivity contribution < 1.29 is 18.7 Å². The van der Waals surface area contributed by atoms with E-state index in [1.807, 2.05) is 11.8 Å². The van der Waals surface area contributed by atoms with Gasteiger partial charge in [0.15, 0.2) is 0 Å². The number of halogens is 1. The fourth-order valence-electron chi connectivity index (χ4n) is 4.03. The predicted octanol–water partition coefficient (Wildman–Crippen LogP) is 3.48. The van der Waals surface area contributed by atoms with Gasteiger partial charge in [-0.3, -0.25) is 4.79 Å². The van der Waals surface area contributed by atoms with Crippen LogP contribution in [-0.4, -0.2) is 54.5 Å². The van der Waals surface area contributed by atoms with E-state index in [0.29, 0.717) is 37.9 Å². The van der Waals surface area contributed by atoms with E-state index in [1.165, 1.54) is 29.9 Å². The maximum atomic E-state index is 14.1. The van der Waals surface area contributed by atoms with Crippen molar-refractivity contribution in [2.45, 2.75) is 45.1 Å². The van der Waals surface area contributed by atoms with Crippen LogP contribution in [0.25, 0.3) is 0 Å². The number of nitrogens with zero attached hydrogens (tertiary/aromatic N) is 2. The smallest absolute Gasteiger partial charge is 0.321 e. The Balaban J connectivity index is 1.53. The molecule has 0 radical (unpaired) electrons. The molecular weight excluding hydrogens is 349 g/mol. The standard InChI is InChI=1S/C20H28FN3O3/c1-3-27-16-8-9-18(17(21)11-16)22-20(26)23(2)12-14-10-19(25)24(13-14)15-6-4-5-7-15/h8-9,11,14-15H,3-7,10,12-13H2,1-2H3,(H,22,26). The molecule has 7 heteroatoms. The Hall–Kier alpha value is -2.31. The number of benzene rings is 1. The van der Waals surface area contributed by atoms with Crippen molar-refractivity contribution in [3.05, 3.63) is 24.0 Å². The highest BCUT2D eigenvalue weighted by Gasteiger charge is 2.36. The van der Waals surface area contributed by atoms with Crippen molar-refractivity contribution in [3.63, 3.8) is 0 Å². The van der Waals surface area contributed by atoms with Crippen LogP contribution in [-0.2, 0) is 4.79 Å². The summed E-state index contributed by atoms with van der Waals surface area (Å²) >= 11 is 0. The quantitative estimate of drug-likeness (QED) is 0.826. The summed E-state index contributed by atoms with van der Waals surface area (Å²) in [5, 5.41) is 2.59. The minimum atomic E-state index is -0.536. The zero-order valence-electron chi connectivity index (χ0n) is 16.0. The highest BCUT2D eigenvalue weighted by molar-refractivity contribution is 5.89. The number of likely N-dealkylation sites (tertiary alicyclic amines) is 1. The van der Waals surface area contributed by atoms with E-state index in [1.54, 1.807) is 13.1 Å². The van der Waals surface area contributed by atoms with Crippen LogP contribution in [0.15, 0.2) is 18.2 Å². The SMILES string of the molecule is CCOc1ccc(NC(=O)N(C)CC2CC(=O)N(C3CCCC3)C2)c(F)c1. The summed E-state index contributed by atoms with van der Waals surface area (Å²) < 4.78 is 19.4. The number of anilines is 1. The van der Waals surface area contributed by atoms with Crippen LogP contribution in [0.3, 0.4) is 0 Å². The number of urea groups is 1. The Morgan fingerprint density at radius 1 is 1.37 bits per heavy atom. The molecule has 0 aromatic heterocycles. The first-order chi connectivity index (χ1) is 13.0. The molecule has 27 heavy (non-hydrogen) atoms. The molecule has 2 aliphatic rings.